The minimum Gasteiger partial charge on any atom is -0.383 e. The molecule has 5 nitrogen and oxygen atoms in total. The Hall–Kier alpha value is -1.24. The smallest absolute Gasteiger partial charge is 0.239 e. The lowest BCUT2D eigenvalue weighted by Gasteiger charge is -2.12. The molecule has 7 heteroatoms. The molecule has 116 valence electrons. The summed E-state index contributed by atoms with van der Waals surface area (Å²) in [6.45, 7) is 2.63. The van der Waals surface area contributed by atoms with Crippen LogP contribution in [0.3, 0.4) is 0 Å². The van der Waals surface area contributed by atoms with E-state index in [1.807, 2.05) is 12.1 Å². The minimum absolute atomic E-state index is 0.0337. The van der Waals surface area contributed by atoms with Gasteiger partial charge in [-0.25, -0.2) is 0 Å². The Morgan fingerprint density at radius 1 is 1.29 bits per heavy atom. The van der Waals surface area contributed by atoms with Crippen LogP contribution in [0, 0.1) is 0 Å². The van der Waals surface area contributed by atoms with E-state index in [0.29, 0.717) is 18.2 Å². The molecule has 1 aromatic carbocycles. The number of rotatable bonds is 8. The van der Waals surface area contributed by atoms with Crippen molar-refractivity contribution < 1.29 is 14.3 Å². The van der Waals surface area contributed by atoms with E-state index in [0.717, 1.165) is 4.90 Å². The molecule has 0 aromatic heterocycles. The summed E-state index contributed by atoms with van der Waals surface area (Å²) in [5, 5.41) is 5.60. The van der Waals surface area contributed by atoms with Gasteiger partial charge in [-0.05, 0) is 31.2 Å². The van der Waals surface area contributed by atoms with Crippen LogP contribution in [0.25, 0.3) is 0 Å². The highest BCUT2D eigenvalue weighted by Crippen LogP contribution is 2.24. The summed E-state index contributed by atoms with van der Waals surface area (Å²) >= 11 is 7.22. The van der Waals surface area contributed by atoms with Crippen LogP contribution in [-0.2, 0) is 14.3 Å². The molecule has 21 heavy (non-hydrogen) atoms. The zero-order valence-corrected chi connectivity index (χ0v) is 13.6. The number of amides is 2. The number of hydrogen-bond acceptors (Lipinski definition) is 4. The zero-order valence-electron chi connectivity index (χ0n) is 12.0. The molecule has 1 unspecified atom stereocenters. The van der Waals surface area contributed by atoms with E-state index in [9.17, 15) is 9.59 Å². The summed E-state index contributed by atoms with van der Waals surface area (Å²) in [4.78, 5) is 24.3. The van der Waals surface area contributed by atoms with Crippen LogP contribution in [0.4, 0.5) is 0 Å². The molecule has 0 spiro atoms. The van der Waals surface area contributed by atoms with Crippen molar-refractivity contribution in [2.45, 2.75) is 17.1 Å². The van der Waals surface area contributed by atoms with Crippen LogP contribution in [0.5, 0.6) is 0 Å². The largest absolute Gasteiger partial charge is 0.383 e. The van der Waals surface area contributed by atoms with Gasteiger partial charge in [-0.1, -0.05) is 11.6 Å². The highest BCUT2D eigenvalue weighted by molar-refractivity contribution is 8.00. The van der Waals surface area contributed by atoms with Crippen molar-refractivity contribution in [2.24, 2.45) is 0 Å². The van der Waals surface area contributed by atoms with Gasteiger partial charge in [0.05, 0.1) is 18.4 Å². The third kappa shape index (κ3) is 7.36. The Balaban J connectivity index is 2.30. The first-order valence-corrected chi connectivity index (χ1v) is 7.74. The maximum atomic E-state index is 11.9. The van der Waals surface area contributed by atoms with Gasteiger partial charge in [0.25, 0.3) is 0 Å². The lowest BCUT2D eigenvalue weighted by atomic mass is 10.4. The third-order valence-electron chi connectivity index (χ3n) is 2.55. The molecular weight excluding hydrogens is 312 g/mol. The Morgan fingerprint density at radius 2 is 1.95 bits per heavy atom. The molecule has 1 atom stereocenters. The number of benzene rings is 1. The van der Waals surface area contributed by atoms with Crippen LogP contribution in [0.1, 0.15) is 6.92 Å². The van der Waals surface area contributed by atoms with Crippen molar-refractivity contribution in [2.75, 3.05) is 26.8 Å². The summed E-state index contributed by atoms with van der Waals surface area (Å²) in [7, 11) is 1.56. The molecule has 0 heterocycles. The second-order valence-electron chi connectivity index (χ2n) is 4.27. The molecule has 0 saturated heterocycles. The van der Waals surface area contributed by atoms with Gasteiger partial charge in [-0.15, -0.1) is 11.8 Å². The molecule has 0 aliphatic carbocycles. The lowest BCUT2D eigenvalue weighted by Crippen LogP contribution is -2.40. The van der Waals surface area contributed by atoms with Crippen LogP contribution >= 0.6 is 23.4 Å². The molecule has 1 aromatic rings. The summed E-state index contributed by atoms with van der Waals surface area (Å²) in [6.07, 6.45) is 0. The highest BCUT2D eigenvalue weighted by atomic mass is 35.5. The number of ether oxygens (including phenoxy) is 1. The second kappa shape index (κ2) is 9.65. The summed E-state index contributed by atoms with van der Waals surface area (Å²) in [5.41, 5.74) is 0. The molecule has 0 saturated carbocycles. The fourth-order valence-corrected chi connectivity index (χ4v) is 2.45. The van der Waals surface area contributed by atoms with Crippen molar-refractivity contribution in [3.8, 4) is 0 Å². The number of hydrogen-bond donors (Lipinski definition) is 2. The average Bonchev–Trinajstić information content (AvgIpc) is 2.47. The van der Waals surface area contributed by atoms with E-state index in [1.165, 1.54) is 11.8 Å². The van der Waals surface area contributed by atoms with Gasteiger partial charge in [-0.2, -0.15) is 0 Å². The first-order chi connectivity index (χ1) is 10.0. The number of thioether (sulfide) groups is 1. The topological polar surface area (TPSA) is 67.4 Å². The van der Waals surface area contributed by atoms with Gasteiger partial charge in [0.2, 0.25) is 11.8 Å². The van der Waals surface area contributed by atoms with E-state index < -0.39 is 0 Å². The van der Waals surface area contributed by atoms with Crippen molar-refractivity contribution in [3.63, 3.8) is 0 Å². The van der Waals surface area contributed by atoms with E-state index in [1.54, 1.807) is 26.2 Å². The number of carbonyl (C=O) groups is 2. The Bertz CT molecular complexity index is 468. The SMILES string of the molecule is COCCNC(=O)CNC(=O)C(C)Sc1ccc(Cl)cc1. The van der Waals surface area contributed by atoms with Gasteiger partial charge in [0, 0.05) is 23.6 Å². The number of methoxy groups -OCH3 is 1. The molecule has 0 fully saturated rings. The van der Waals surface area contributed by atoms with Crippen molar-refractivity contribution in [1.29, 1.82) is 0 Å². The van der Waals surface area contributed by atoms with E-state index in [4.69, 9.17) is 16.3 Å². The maximum absolute atomic E-state index is 11.9. The van der Waals surface area contributed by atoms with E-state index in [-0.39, 0.29) is 23.6 Å². The Morgan fingerprint density at radius 3 is 2.57 bits per heavy atom. The maximum Gasteiger partial charge on any atom is 0.239 e. The number of carbonyl (C=O) groups excluding carboxylic acids is 2. The van der Waals surface area contributed by atoms with Crippen LogP contribution < -0.4 is 10.6 Å². The van der Waals surface area contributed by atoms with Gasteiger partial charge >= 0.3 is 0 Å². The quantitative estimate of drug-likeness (QED) is 0.562. The predicted molar refractivity (Wildman–Crippen MR) is 84.7 cm³/mol. The fraction of sp³-hybridized carbons (Fsp3) is 0.429. The molecule has 0 radical (unpaired) electrons. The van der Waals surface area contributed by atoms with Crippen LogP contribution in [0.15, 0.2) is 29.2 Å². The lowest BCUT2D eigenvalue weighted by molar-refractivity contribution is -0.125. The third-order valence-corrected chi connectivity index (χ3v) is 3.91. The predicted octanol–water partition coefficient (Wildman–Crippen LogP) is 1.70. The minimum atomic E-state index is -0.294. The average molecular weight is 331 g/mol. The monoisotopic (exact) mass is 330 g/mol. The van der Waals surface area contributed by atoms with Crippen molar-refractivity contribution in [3.05, 3.63) is 29.3 Å². The second-order valence-corrected chi connectivity index (χ2v) is 6.13. The fourth-order valence-electron chi connectivity index (χ4n) is 1.44. The standard InChI is InChI=1S/C14H19ClN2O3S/c1-10(21-12-5-3-11(15)4-6-12)14(19)17-9-13(18)16-7-8-20-2/h3-6,10H,7-9H2,1-2H3,(H,16,18)(H,17,19). The van der Waals surface area contributed by atoms with Crippen LogP contribution in [-0.4, -0.2) is 43.9 Å². The van der Waals surface area contributed by atoms with E-state index in [2.05, 4.69) is 10.6 Å². The van der Waals surface area contributed by atoms with Crippen molar-refractivity contribution in [1.82, 2.24) is 10.6 Å². The van der Waals surface area contributed by atoms with E-state index >= 15 is 0 Å². The molecule has 0 bridgehead atoms. The molecule has 0 aliphatic heterocycles. The van der Waals surface area contributed by atoms with Gasteiger partial charge in [0.1, 0.15) is 0 Å². The normalized spacial score (nSPS) is 11.8. The molecule has 2 amide bonds. The van der Waals surface area contributed by atoms with Gasteiger partial charge in [-0.3, -0.25) is 9.59 Å². The summed E-state index contributed by atoms with van der Waals surface area (Å²) in [5.74, 6) is -0.416. The number of nitrogens with one attached hydrogen (secondary N) is 2. The zero-order chi connectivity index (χ0) is 15.7. The first-order valence-electron chi connectivity index (χ1n) is 6.48. The molecule has 2 N–H and O–H groups in total. The van der Waals surface area contributed by atoms with Crippen molar-refractivity contribution >= 4 is 35.2 Å². The molecule has 1 rings (SSSR count). The van der Waals surface area contributed by atoms with Crippen LogP contribution in [0.2, 0.25) is 5.02 Å². The Labute approximate surface area is 133 Å². The summed E-state index contributed by atoms with van der Waals surface area (Å²) < 4.78 is 4.82. The highest BCUT2D eigenvalue weighted by Gasteiger charge is 2.15. The first kappa shape index (κ1) is 17.8. The Kier molecular flexibility index (Phi) is 8.19. The number of halogens is 1. The van der Waals surface area contributed by atoms with Gasteiger partial charge < -0.3 is 15.4 Å². The molecular formula is C14H19ClN2O3S. The van der Waals surface area contributed by atoms with Gasteiger partial charge in [0.15, 0.2) is 0 Å². The molecule has 0 aliphatic rings. The summed E-state index contributed by atoms with van der Waals surface area (Å²) in [6, 6.07) is 7.26.